The van der Waals surface area contributed by atoms with E-state index in [1.54, 1.807) is 7.11 Å². The number of nitrogens with zero attached hydrogens (tertiary/aromatic N) is 2. The zero-order valence-electron chi connectivity index (χ0n) is 10.7. The molecule has 1 aromatic rings. The predicted molar refractivity (Wildman–Crippen MR) is 68.2 cm³/mol. The summed E-state index contributed by atoms with van der Waals surface area (Å²) in [7, 11) is 1.76. The fourth-order valence-electron chi connectivity index (χ4n) is 2.47. The normalized spacial score (nSPS) is 19.9. The van der Waals surface area contributed by atoms with E-state index in [1.165, 1.54) is 25.0 Å². The molecule has 17 heavy (non-hydrogen) atoms. The summed E-state index contributed by atoms with van der Waals surface area (Å²) in [6.45, 7) is 4.22. The monoisotopic (exact) mass is 237 g/mol. The van der Waals surface area contributed by atoms with Gasteiger partial charge in [0.05, 0.1) is 6.33 Å². The molecule has 0 radical (unpaired) electrons. The van der Waals surface area contributed by atoms with Gasteiger partial charge in [0.1, 0.15) is 0 Å². The van der Waals surface area contributed by atoms with Crippen molar-refractivity contribution in [1.29, 1.82) is 0 Å². The molecule has 1 unspecified atom stereocenters. The van der Waals surface area contributed by atoms with Crippen molar-refractivity contribution >= 4 is 0 Å². The van der Waals surface area contributed by atoms with E-state index in [4.69, 9.17) is 4.74 Å². The molecule has 0 spiro atoms. The number of aryl methyl sites for hydroxylation is 1. The van der Waals surface area contributed by atoms with Crippen LogP contribution in [0.5, 0.6) is 0 Å². The highest BCUT2D eigenvalue weighted by molar-refractivity contribution is 5.09. The van der Waals surface area contributed by atoms with Gasteiger partial charge in [-0.05, 0) is 32.2 Å². The third-order valence-electron chi connectivity index (χ3n) is 3.47. The average Bonchev–Trinajstić information content (AvgIpc) is 2.98. The zero-order chi connectivity index (χ0) is 11.9. The molecule has 2 rings (SSSR count). The fraction of sp³-hybridized carbons (Fsp3) is 0.769. The van der Waals surface area contributed by atoms with Gasteiger partial charge in [0.2, 0.25) is 0 Å². The van der Waals surface area contributed by atoms with E-state index < -0.39 is 0 Å². The maximum atomic E-state index is 5.06. The minimum atomic E-state index is 0.663. The summed E-state index contributed by atoms with van der Waals surface area (Å²) in [6.07, 6.45) is 8.86. The SMILES string of the molecule is COCCCCCn1cncc1C1CCNC1. The van der Waals surface area contributed by atoms with Gasteiger partial charge >= 0.3 is 0 Å². The molecule has 1 aromatic heterocycles. The van der Waals surface area contributed by atoms with Crippen molar-refractivity contribution in [2.24, 2.45) is 0 Å². The lowest BCUT2D eigenvalue weighted by atomic mass is 10.1. The van der Waals surface area contributed by atoms with Crippen molar-refractivity contribution in [3.05, 3.63) is 18.2 Å². The molecule has 1 N–H and O–H groups in total. The summed E-state index contributed by atoms with van der Waals surface area (Å²) in [5.41, 5.74) is 1.40. The molecule has 0 aromatic carbocycles. The first-order chi connectivity index (χ1) is 8.42. The molecule has 0 amide bonds. The van der Waals surface area contributed by atoms with E-state index in [0.29, 0.717) is 5.92 Å². The lowest BCUT2D eigenvalue weighted by Crippen LogP contribution is -2.11. The maximum absolute atomic E-state index is 5.06. The molecule has 1 atom stereocenters. The third-order valence-corrected chi connectivity index (χ3v) is 3.47. The Hall–Kier alpha value is -0.870. The first kappa shape index (κ1) is 12.6. The van der Waals surface area contributed by atoms with Crippen LogP contribution >= 0.6 is 0 Å². The Balaban J connectivity index is 1.78. The molecule has 1 fully saturated rings. The second-order valence-electron chi connectivity index (χ2n) is 4.76. The molecule has 0 saturated carbocycles. The van der Waals surface area contributed by atoms with Gasteiger partial charge < -0.3 is 14.6 Å². The molecule has 1 aliphatic rings. The highest BCUT2D eigenvalue weighted by Crippen LogP contribution is 2.22. The molecular formula is C13H23N3O. The van der Waals surface area contributed by atoms with Gasteiger partial charge in [0, 0.05) is 44.6 Å². The molecule has 4 heteroatoms. The lowest BCUT2D eigenvalue weighted by Gasteiger charge is -2.12. The molecule has 0 bridgehead atoms. The second kappa shape index (κ2) is 6.77. The van der Waals surface area contributed by atoms with Crippen LogP contribution in [0.2, 0.25) is 0 Å². The summed E-state index contributed by atoms with van der Waals surface area (Å²) >= 11 is 0. The van der Waals surface area contributed by atoms with Crippen LogP contribution in [0.4, 0.5) is 0 Å². The van der Waals surface area contributed by atoms with E-state index in [1.807, 2.05) is 12.5 Å². The first-order valence-electron chi connectivity index (χ1n) is 6.61. The van der Waals surface area contributed by atoms with Crippen molar-refractivity contribution in [2.45, 2.75) is 38.1 Å². The van der Waals surface area contributed by atoms with Crippen molar-refractivity contribution in [3.8, 4) is 0 Å². The van der Waals surface area contributed by atoms with Gasteiger partial charge in [-0.15, -0.1) is 0 Å². The molecule has 4 nitrogen and oxygen atoms in total. The second-order valence-corrected chi connectivity index (χ2v) is 4.76. The molecule has 1 saturated heterocycles. The summed E-state index contributed by atoms with van der Waals surface area (Å²) in [5.74, 6) is 0.663. The summed E-state index contributed by atoms with van der Waals surface area (Å²) in [5, 5.41) is 3.41. The maximum Gasteiger partial charge on any atom is 0.0948 e. The summed E-state index contributed by atoms with van der Waals surface area (Å²) in [6, 6.07) is 0. The van der Waals surface area contributed by atoms with Gasteiger partial charge in [-0.3, -0.25) is 0 Å². The van der Waals surface area contributed by atoms with Crippen LogP contribution < -0.4 is 5.32 Å². The largest absolute Gasteiger partial charge is 0.385 e. The Kier molecular flexibility index (Phi) is 5.01. The minimum absolute atomic E-state index is 0.663. The molecular weight excluding hydrogens is 214 g/mol. The van der Waals surface area contributed by atoms with E-state index in [9.17, 15) is 0 Å². The Morgan fingerprint density at radius 2 is 2.41 bits per heavy atom. The quantitative estimate of drug-likeness (QED) is 0.735. The lowest BCUT2D eigenvalue weighted by molar-refractivity contribution is 0.191. The number of hydrogen-bond acceptors (Lipinski definition) is 3. The average molecular weight is 237 g/mol. The van der Waals surface area contributed by atoms with Crippen LogP contribution in [-0.4, -0.2) is 36.4 Å². The Morgan fingerprint density at radius 1 is 1.47 bits per heavy atom. The van der Waals surface area contributed by atoms with Crippen molar-refractivity contribution < 1.29 is 4.74 Å². The fourth-order valence-corrected chi connectivity index (χ4v) is 2.47. The number of imidazole rings is 1. The number of aromatic nitrogens is 2. The molecule has 2 heterocycles. The molecule has 0 aliphatic carbocycles. The highest BCUT2D eigenvalue weighted by atomic mass is 16.5. The van der Waals surface area contributed by atoms with Crippen molar-refractivity contribution in [2.75, 3.05) is 26.8 Å². The zero-order valence-corrected chi connectivity index (χ0v) is 10.7. The standard InChI is InChI=1S/C13H23N3O/c1-17-8-4-2-3-7-16-11-15-10-13(16)12-5-6-14-9-12/h10-12,14H,2-9H2,1H3. The smallest absolute Gasteiger partial charge is 0.0948 e. The van der Waals surface area contributed by atoms with Crippen LogP contribution in [0.25, 0.3) is 0 Å². The number of hydrogen-bond donors (Lipinski definition) is 1. The van der Waals surface area contributed by atoms with E-state index in [2.05, 4.69) is 14.9 Å². The van der Waals surface area contributed by atoms with Gasteiger partial charge in [0.25, 0.3) is 0 Å². The molecule has 1 aliphatic heterocycles. The summed E-state index contributed by atoms with van der Waals surface area (Å²) in [4.78, 5) is 4.29. The van der Waals surface area contributed by atoms with Crippen LogP contribution in [0.1, 0.15) is 37.3 Å². The Bertz CT molecular complexity index is 318. The van der Waals surface area contributed by atoms with Crippen LogP contribution in [-0.2, 0) is 11.3 Å². The first-order valence-corrected chi connectivity index (χ1v) is 6.61. The highest BCUT2D eigenvalue weighted by Gasteiger charge is 2.19. The van der Waals surface area contributed by atoms with Crippen LogP contribution in [0.3, 0.4) is 0 Å². The number of nitrogens with one attached hydrogen (secondary N) is 1. The van der Waals surface area contributed by atoms with Gasteiger partial charge in [0.15, 0.2) is 0 Å². The summed E-state index contributed by atoms with van der Waals surface area (Å²) < 4.78 is 7.38. The van der Waals surface area contributed by atoms with Crippen molar-refractivity contribution in [3.63, 3.8) is 0 Å². The predicted octanol–water partition coefficient (Wildman–Crippen LogP) is 1.78. The molecule has 96 valence electrons. The number of methoxy groups -OCH3 is 1. The number of ether oxygens (including phenoxy) is 1. The topological polar surface area (TPSA) is 39.1 Å². The number of unbranched alkanes of at least 4 members (excludes halogenated alkanes) is 2. The van der Waals surface area contributed by atoms with Gasteiger partial charge in [-0.2, -0.15) is 0 Å². The number of rotatable bonds is 7. The third kappa shape index (κ3) is 3.54. The van der Waals surface area contributed by atoms with E-state index in [0.717, 1.165) is 32.7 Å². The Morgan fingerprint density at radius 3 is 3.18 bits per heavy atom. The van der Waals surface area contributed by atoms with Crippen LogP contribution in [0.15, 0.2) is 12.5 Å². The Labute approximate surface area is 103 Å². The van der Waals surface area contributed by atoms with Gasteiger partial charge in [-0.25, -0.2) is 4.98 Å². The van der Waals surface area contributed by atoms with Gasteiger partial charge in [-0.1, -0.05) is 0 Å². The minimum Gasteiger partial charge on any atom is -0.385 e. The van der Waals surface area contributed by atoms with Crippen molar-refractivity contribution in [1.82, 2.24) is 14.9 Å². The van der Waals surface area contributed by atoms with E-state index >= 15 is 0 Å². The van der Waals surface area contributed by atoms with Crippen LogP contribution in [0, 0.1) is 0 Å². The van der Waals surface area contributed by atoms with E-state index in [-0.39, 0.29) is 0 Å².